The Morgan fingerprint density at radius 3 is 2.62 bits per heavy atom. The average Bonchev–Trinajstić information content (AvgIpc) is 1.77. The van der Waals surface area contributed by atoms with E-state index < -0.39 is 11.7 Å². The van der Waals surface area contributed by atoms with Crippen molar-refractivity contribution < 1.29 is 9.59 Å². The topological polar surface area (TPSA) is 70.9 Å². The van der Waals surface area contributed by atoms with Gasteiger partial charge in [-0.1, -0.05) is 5.22 Å². The molecule has 5 nitrogen and oxygen atoms in total. The van der Waals surface area contributed by atoms with Gasteiger partial charge in [0.05, 0.1) is 0 Å². The number of nitrogens with zero attached hydrogens (tertiary/aromatic N) is 2. The van der Waals surface area contributed by atoms with E-state index in [4.69, 9.17) is 0 Å². The Morgan fingerprint density at radius 1 is 1.50 bits per heavy atom. The first-order valence-corrected chi connectivity index (χ1v) is 2.00. The second-order valence-electron chi connectivity index (χ2n) is 1.26. The lowest BCUT2D eigenvalue weighted by Gasteiger charge is -1.97. The molecule has 0 radical (unpaired) electrons. The number of hydrogen-bond donors (Lipinski definition) is 1. The minimum atomic E-state index is -0.681. The lowest BCUT2D eigenvalue weighted by molar-refractivity contribution is -0.138. The van der Waals surface area contributed by atoms with Gasteiger partial charge in [0.25, 0.3) is 0 Å². The van der Waals surface area contributed by atoms with Crippen LogP contribution in [0.4, 0.5) is 0 Å². The van der Waals surface area contributed by atoms with Gasteiger partial charge in [0.15, 0.2) is 0 Å². The first-order valence-electron chi connectivity index (χ1n) is 2.00. The van der Waals surface area contributed by atoms with Crippen LogP contribution in [-0.4, -0.2) is 18.2 Å². The van der Waals surface area contributed by atoms with E-state index in [-0.39, 0.29) is 6.54 Å². The minimum Gasteiger partial charge on any atom is -0.286 e. The Balaban J connectivity index is 2.71. The maximum atomic E-state index is 10.2. The summed E-state index contributed by atoms with van der Waals surface area (Å²) >= 11 is 0. The van der Waals surface area contributed by atoms with Gasteiger partial charge in [-0.2, -0.15) is 5.11 Å². The number of carbonyl (C=O) groups excluding carboxylic acids is 2. The summed E-state index contributed by atoms with van der Waals surface area (Å²) in [5.41, 5.74) is 1.90. The summed E-state index contributed by atoms with van der Waals surface area (Å²) in [5, 5.41) is 6.37. The molecule has 0 aromatic heterocycles. The summed E-state index contributed by atoms with van der Waals surface area (Å²) in [6.07, 6.45) is 0. The van der Waals surface area contributed by atoms with E-state index in [1.807, 2.05) is 5.43 Å². The van der Waals surface area contributed by atoms with E-state index in [1.165, 1.54) is 0 Å². The molecule has 0 aromatic carbocycles. The van der Waals surface area contributed by atoms with Crippen molar-refractivity contribution in [3.8, 4) is 0 Å². The summed E-state index contributed by atoms with van der Waals surface area (Å²) in [6.45, 7) is -0.119. The number of hydrogen-bond acceptors (Lipinski definition) is 4. The van der Waals surface area contributed by atoms with Crippen LogP contribution in [0.15, 0.2) is 10.3 Å². The fourth-order valence-corrected chi connectivity index (χ4v) is 0.314. The van der Waals surface area contributed by atoms with Gasteiger partial charge in [-0.15, -0.1) is 0 Å². The predicted molar refractivity (Wildman–Crippen MR) is 22.9 cm³/mol. The largest absolute Gasteiger partial charge is 0.310 e. The fourth-order valence-electron chi connectivity index (χ4n) is 0.314. The third kappa shape index (κ3) is 0.699. The molecule has 0 atom stereocenters. The van der Waals surface area contributed by atoms with Crippen LogP contribution in [0, 0.1) is 0 Å². The number of rotatable bonds is 0. The standard InChI is InChI=1S/C3H3N3O2/c7-2-1-4-6-5-3(2)8/h1H2,(H,4,5,8). The molecule has 0 unspecified atom stereocenters. The highest BCUT2D eigenvalue weighted by Crippen LogP contribution is 1.83. The second kappa shape index (κ2) is 1.69. The smallest absolute Gasteiger partial charge is 0.286 e. The van der Waals surface area contributed by atoms with E-state index in [0.717, 1.165) is 0 Å². The number of Topliss-reactive ketones (excluding diaryl/α,β-unsaturated/α-hetero) is 1. The fraction of sp³-hybridized carbons (Fsp3) is 0.333. The molecule has 1 N–H and O–H groups in total. The molecule has 1 heterocycles. The summed E-state index contributed by atoms with van der Waals surface area (Å²) in [4.78, 5) is 20.4. The molecule has 42 valence electrons. The number of carbonyl (C=O) groups is 2. The van der Waals surface area contributed by atoms with Crippen LogP contribution in [0.2, 0.25) is 0 Å². The molecule has 0 bridgehead atoms. The van der Waals surface area contributed by atoms with Crippen molar-refractivity contribution in [2.75, 3.05) is 6.54 Å². The number of ketones is 1. The van der Waals surface area contributed by atoms with Crippen molar-refractivity contribution >= 4 is 11.7 Å². The first-order chi connectivity index (χ1) is 3.80. The molecular weight excluding hydrogens is 110 g/mol. The third-order valence-corrected chi connectivity index (χ3v) is 0.690. The van der Waals surface area contributed by atoms with Crippen molar-refractivity contribution in [1.82, 2.24) is 5.43 Å². The highest BCUT2D eigenvalue weighted by molar-refractivity contribution is 6.37. The Bertz CT molecular complexity index is 144. The molecule has 5 heteroatoms. The van der Waals surface area contributed by atoms with Crippen LogP contribution in [0.25, 0.3) is 0 Å². The predicted octanol–water partition coefficient (Wildman–Crippen LogP) is -0.948. The monoisotopic (exact) mass is 113 g/mol. The van der Waals surface area contributed by atoms with Gasteiger partial charge in [0, 0.05) is 0 Å². The summed E-state index contributed by atoms with van der Waals surface area (Å²) < 4.78 is 0. The zero-order valence-electron chi connectivity index (χ0n) is 3.92. The van der Waals surface area contributed by atoms with Crippen LogP contribution >= 0.6 is 0 Å². The molecule has 1 aliphatic heterocycles. The summed E-state index contributed by atoms with van der Waals surface area (Å²) in [6, 6.07) is 0. The molecule has 1 amide bonds. The van der Waals surface area contributed by atoms with E-state index in [9.17, 15) is 9.59 Å². The van der Waals surface area contributed by atoms with Crippen molar-refractivity contribution in [2.45, 2.75) is 0 Å². The third-order valence-electron chi connectivity index (χ3n) is 0.690. The highest BCUT2D eigenvalue weighted by atomic mass is 16.2. The van der Waals surface area contributed by atoms with Crippen molar-refractivity contribution in [1.29, 1.82) is 0 Å². The number of amides is 1. The quantitative estimate of drug-likeness (QED) is 0.411. The molecule has 0 spiro atoms. The Labute approximate surface area is 44.8 Å². The van der Waals surface area contributed by atoms with Gasteiger partial charge < -0.3 is 0 Å². The molecule has 0 saturated heterocycles. The van der Waals surface area contributed by atoms with Gasteiger partial charge in [0.2, 0.25) is 5.78 Å². The van der Waals surface area contributed by atoms with Crippen LogP contribution in [0.1, 0.15) is 0 Å². The Hall–Kier alpha value is -1.26. The Kier molecular flexibility index (Phi) is 1.03. The van der Waals surface area contributed by atoms with Gasteiger partial charge in [-0.05, 0) is 0 Å². The van der Waals surface area contributed by atoms with E-state index in [1.54, 1.807) is 0 Å². The average molecular weight is 113 g/mol. The van der Waals surface area contributed by atoms with E-state index >= 15 is 0 Å². The molecule has 0 aliphatic carbocycles. The highest BCUT2D eigenvalue weighted by Gasteiger charge is 2.14. The maximum Gasteiger partial charge on any atom is 0.310 e. The van der Waals surface area contributed by atoms with Crippen LogP contribution in [-0.2, 0) is 9.59 Å². The normalized spacial score (nSPS) is 18.5. The number of nitrogens with one attached hydrogen (secondary N) is 1. The van der Waals surface area contributed by atoms with Crippen molar-refractivity contribution in [3.63, 3.8) is 0 Å². The van der Waals surface area contributed by atoms with Crippen LogP contribution in [0.3, 0.4) is 0 Å². The molecule has 1 rings (SSSR count). The van der Waals surface area contributed by atoms with Crippen LogP contribution < -0.4 is 5.43 Å². The molecule has 0 aromatic rings. The second-order valence-corrected chi connectivity index (χ2v) is 1.26. The minimum absolute atomic E-state index is 0.119. The van der Waals surface area contributed by atoms with Gasteiger partial charge in [-0.3, -0.25) is 9.59 Å². The van der Waals surface area contributed by atoms with E-state index in [2.05, 4.69) is 10.3 Å². The summed E-state index contributed by atoms with van der Waals surface area (Å²) in [7, 11) is 0. The zero-order valence-corrected chi connectivity index (χ0v) is 3.92. The van der Waals surface area contributed by atoms with Gasteiger partial charge >= 0.3 is 5.91 Å². The van der Waals surface area contributed by atoms with Gasteiger partial charge in [-0.25, -0.2) is 5.43 Å². The SMILES string of the molecule is O=C1CN=NNC1=O. The maximum absolute atomic E-state index is 10.2. The molecule has 0 fully saturated rings. The van der Waals surface area contributed by atoms with Crippen molar-refractivity contribution in [2.24, 2.45) is 10.3 Å². The lowest BCUT2D eigenvalue weighted by atomic mass is 10.4. The van der Waals surface area contributed by atoms with E-state index in [0.29, 0.717) is 0 Å². The molecule has 0 saturated carbocycles. The molecule has 8 heavy (non-hydrogen) atoms. The summed E-state index contributed by atoms with van der Waals surface area (Å²) in [5.74, 6) is -1.22. The van der Waals surface area contributed by atoms with Crippen LogP contribution in [0.5, 0.6) is 0 Å². The first kappa shape index (κ1) is 4.89. The molecular formula is C3H3N3O2. The zero-order chi connectivity index (χ0) is 5.98. The lowest BCUT2D eigenvalue weighted by Crippen LogP contribution is -2.31. The molecule has 1 aliphatic rings. The van der Waals surface area contributed by atoms with Gasteiger partial charge in [0.1, 0.15) is 6.54 Å². The Morgan fingerprint density at radius 2 is 2.25 bits per heavy atom. The van der Waals surface area contributed by atoms with Crippen molar-refractivity contribution in [3.05, 3.63) is 0 Å².